The molecule has 0 unspecified atom stereocenters. The van der Waals surface area contributed by atoms with E-state index in [4.69, 9.17) is 0 Å². The Kier molecular flexibility index (Phi) is 5.04. The Hall–Kier alpha value is -0.360. The van der Waals surface area contributed by atoms with Crippen LogP contribution in [0.1, 0.15) is 23.3 Å². The Labute approximate surface area is 146 Å². The van der Waals surface area contributed by atoms with Gasteiger partial charge < -0.3 is 10.2 Å². The lowest BCUT2D eigenvalue weighted by Crippen LogP contribution is -2.17. The minimum atomic E-state index is 0.753. The van der Waals surface area contributed by atoms with Gasteiger partial charge in [-0.15, -0.1) is 11.3 Å². The second kappa shape index (κ2) is 6.82. The summed E-state index contributed by atoms with van der Waals surface area (Å²) >= 11 is 9.01. The quantitative estimate of drug-likeness (QED) is 0.681. The Morgan fingerprint density at radius 2 is 2.10 bits per heavy atom. The van der Waals surface area contributed by atoms with Crippen LogP contribution in [0.15, 0.2) is 38.6 Å². The van der Waals surface area contributed by atoms with Crippen LogP contribution in [0.2, 0.25) is 0 Å². The van der Waals surface area contributed by atoms with Gasteiger partial charge in [-0.25, -0.2) is 0 Å². The maximum Gasteiger partial charge on any atom is 0.0520 e. The summed E-state index contributed by atoms with van der Waals surface area (Å²) in [6, 6.07) is 9.59. The fraction of sp³-hybridized carbons (Fsp3) is 0.375. The topological polar surface area (TPSA) is 15.3 Å². The number of hydrogen-bond donors (Lipinski definition) is 1. The van der Waals surface area contributed by atoms with Gasteiger partial charge in [-0.05, 0) is 68.5 Å². The van der Waals surface area contributed by atoms with E-state index in [-0.39, 0.29) is 0 Å². The first-order chi connectivity index (χ1) is 10.1. The molecule has 112 valence electrons. The minimum absolute atomic E-state index is 0.753. The number of benzene rings is 1. The van der Waals surface area contributed by atoms with Crippen molar-refractivity contribution in [2.45, 2.75) is 32.0 Å². The molecule has 1 N–H and O–H groups in total. The standard InChI is InChI=1S/C16H18Br2N2S/c1-20(9-14-7-12(17)10-21-14)16-5-2-11(6-15(16)18)8-19-13-3-4-13/h2,5-7,10,13,19H,3-4,8-9H2,1H3. The average molecular weight is 430 g/mol. The third-order valence-electron chi connectivity index (χ3n) is 3.61. The van der Waals surface area contributed by atoms with E-state index in [9.17, 15) is 0 Å². The summed E-state index contributed by atoms with van der Waals surface area (Å²) in [7, 11) is 2.13. The first-order valence-corrected chi connectivity index (χ1v) is 9.54. The average Bonchev–Trinajstić information content (AvgIpc) is 3.19. The van der Waals surface area contributed by atoms with Crippen LogP contribution >= 0.6 is 43.2 Å². The highest BCUT2D eigenvalue weighted by Crippen LogP contribution is 2.30. The zero-order valence-electron chi connectivity index (χ0n) is 11.9. The van der Waals surface area contributed by atoms with Gasteiger partial charge in [-0.1, -0.05) is 6.07 Å². The molecule has 1 fully saturated rings. The zero-order chi connectivity index (χ0) is 14.8. The largest absolute Gasteiger partial charge is 0.369 e. The molecule has 0 bridgehead atoms. The molecular weight excluding hydrogens is 412 g/mol. The van der Waals surface area contributed by atoms with Crippen molar-refractivity contribution in [3.63, 3.8) is 0 Å². The molecule has 5 heteroatoms. The van der Waals surface area contributed by atoms with E-state index in [1.165, 1.54) is 29.0 Å². The van der Waals surface area contributed by atoms with Crippen molar-refractivity contribution in [2.75, 3.05) is 11.9 Å². The van der Waals surface area contributed by atoms with Crippen LogP contribution in [0.3, 0.4) is 0 Å². The van der Waals surface area contributed by atoms with Crippen molar-refractivity contribution < 1.29 is 0 Å². The molecule has 1 aromatic carbocycles. The van der Waals surface area contributed by atoms with Gasteiger partial charge in [0.05, 0.1) is 12.2 Å². The maximum absolute atomic E-state index is 3.71. The van der Waals surface area contributed by atoms with E-state index in [2.05, 4.69) is 78.8 Å². The number of thiophene rings is 1. The number of halogens is 2. The van der Waals surface area contributed by atoms with Gasteiger partial charge in [0, 0.05) is 38.8 Å². The monoisotopic (exact) mass is 428 g/mol. The molecule has 1 saturated carbocycles. The van der Waals surface area contributed by atoms with Crippen LogP contribution < -0.4 is 10.2 Å². The smallest absolute Gasteiger partial charge is 0.0520 e. The molecule has 1 aliphatic rings. The lowest BCUT2D eigenvalue weighted by Gasteiger charge is -2.20. The van der Waals surface area contributed by atoms with E-state index in [1.54, 1.807) is 11.3 Å². The highest BCUT2D eigenvalue weighted by Gasteiger charge is 2.20. The fourth-order valence-corrected chi connectivity index (χ4v) is 4.51. The van der Waals surface area contributed by atoms with Crippen molar-refractivity contribution >= 4 is 48.9 Å². The molecule has 2 aromatic rings. The van der Waals surface area contributed by atoms with Crippen LogP contribution in [0.4, 0.5) is 5.69 Å². The van der Waals surface area contributed by atoms with Gasteiger partial charge in [0.1, 0.15) is 0 Å². The Bertz CT molecular complexity index is 622. The third-order valence-corrected chi connectivity index (χ3v) is 5.93. The van der Waals surface area contributed by atoms with Crippen molar-refractivity contribution in [3.05, 3.63) is 49.0 Å². The highest BCUT2D eigenvalue weighted by atomic mass is 79.9. The van der Waals surface area contributed by atoms with Gasteiger partial charge >= 0.3 is 0 Å². The molecule has 1 heterocycles. The SMILES string of the molecule is CN(Cc1cc(Br)cs1)c1ccc(CNC2CC2)cc1Br. The predicted molar refractivity (Wildman–Crippen MR) is 98.1 cm³/mol. The van der Waals surface area contributed by atoms with E-state index in [0.29, 0.717) is 0 Å². The molecule has 0 saturated heterocycles. The fourth-order valence-electron chi connectivity index (χ4n) is 2.28. The number of rotatable bonds is 6. The predicted octanol–water partition coefficient (Wildman–Crippen LogP) is 5.16. The molecule has 3 rings (SSSR count). The van der Waals surface area contributed by atoms with Crippen LogP contribution in [0.5, 0.6) is 0 Å². The summed E-state index contributed by atoms with van der Waals surface area (Å²) < 4.78 is 2.33. The summed E-state index contributed by atoms with van der Waals surface area (Å²) in [6.07, 6.45) is 2.66. The molecule has 1 aromatic heterocycles. The molecule has 0 amide bonds. The second-order valence-corrected chi connectivity index (χ2v) is 8.29. The van der Waals surface area contributed by atoms with E-state index < -0.39 is 0 Å². The summed E-state index contributed by atoms with van der Waals surface area (Å²) in [5, 5.41) is 5.68. The van der Waals surface area contributed by atoms with Crippen LogP contribution in [-0.2, 0) is 13.1 Å². The first kappa shape index (κ1) is 15.5. The van der Waals surface area contributed by atoms with Crippen molar-refractivity contribution in [3.8, 4) is 0 Å². The van der Waals surface area contributed by atoms with Gasteiger partial charge in [-0.3, -0.25) is 0 Å². The van der Waals surface area contributed by atoms with E-state index in [1.807, 2.05) is 0 Å². The molecule has 21 heavy (non-hydrogen) atoms. The third kappa shape index (κ3) is 4.31. The lowest BCUT2D eigenvalue weighted by atomic mass is 10.2. The molecule has 0 spiro atoms. The summed E-state index contributed by atoms with van der Waals surface area (Å²) in [5.74, 6) is 0. The van der Waals surface area contributed by atoms with Gasteiger partial charge in [-0.2, -0.15) is 0 Å². The number of hydrogen-bond acceptors (Lipinski definition) is 3. The molecule has 1 aliphatic carbocycles. The lowest BCUT2D eigenvalue weighted by molar-refractivity contribution is 0.687. The number of nitrogens with one attached hydrogen (secondary N) is 1. The molecule has 0 atom stereocenters. The van der Waals surface area contributed by atoms with E-state index in [0.717, 1.165) is 28.1 Å². The Morgan fingerprint density at radius 1 is 1.29 bits per heavy atom. The Morgan fingerprint density at radius 3 is 2.71 bits per heavy atom. The normalized spacial score (nSPS) is 14.4. The molecule has 2 nitrogen and oxygen atoms in total. The van der Waals surface area contributed by atoms with Gasteiger partial charge in [0.25, 0.3) is 0 Å². The summed E-state index contributed by atoms with van der Waals surface area (Å²) in [4.78, 5) is 3.64. The minimum Gasteiger partial charge on any atom is -0.369 e. The second-order valence-electron chi connectivity index (χ2n) is 5.53. The van der Waals surface area contributed by atoms with Crippen molar-refractivity contribution in [1.82, 2.24) is 5.32 Å². The molecular formula is C16H18Br2N2S. The summed E-state index contributed by atoms with van der Waals surface area (Å²) in [5.41, 5.74) is 2.57. The van der Waals surface area contributed by atoms with Gasteiger partial charge in [0.15, 0.2) is 0 Å². The summed E-state index contributed by atoms with van der Waals surface area (Å²) in [6.45, 7) is 1.89. The number of anilines is 1. The van der Waals surface area contributed by atoms with Crippen LogP contribution in [-0.4, -0.2) is 13.1 Å². The van der Waals surface area contributed by atoms with Gasteiger partial charge in [0.2, 0.25) is 0 Å². The van der Waals surface area contributed by atoms with Crippen LogP contribution in [0, 0.1) is 0 Å². The van der Waals surface area contributed by atoms with Crippen LogP contribution in [0.25, 0.3) is 0 Å². The maximum atomic E-state index is 3.71. The van der Waals surface area contributed by atoms with E-state index >= 15 is 0 Å². The van der Waals surface area contributed by atoms with Crippen molar-refractivity contribution in [1.29, 1.82) is 0 Å². The zero-order valence-corrected chi connectivity index (χ0v) is 15.9. The van der Waals surface area contributed by atoms with Crippen molar-refractivity contribution in [2.24, 2.45) is 0 Å². The molecule has 0 aliphatic heterocycles. The number of nitrogens with zero attached hydrogens (tertiary/aromatic N) is 1. The first-order valence-electron chi connectivity index (χ1n) is 7.07. The molecule has 0 radical (unpaired) electrons. The highest BCUT2D eigenvalue weighted by molar-refractivity contribution is 9.10. The Balaban J connectivity index is 1.65.